The van der Waals surface area contributed by atoms with Crippen molar-refractivity contribution in [1.29, 1.82) is 0 Å². The predicted molar refractivity (Wildman–Crippen MR) is 142 cm³/mol. The summed E-state index contributed by atoms with van der Waals surface area (Å²) < 4.78 is 0. The Morgan fingerprint density at radius 3 is 2.36 bits per heavy atom. The number of rotatable bonds is 12. The number of fused-ring (bicyclic) bond motifs is 2. The van der Waals surface area contributed by atoms with Crippen LogP contribution in [-0.4, -0.2) is 36.5 Å². The summed E-state index contributed by atoms with van der Waals surface area (Å²) in [6, 6.07) is 8.40. The normalized spacial score (nSPS) is 24.6. The van der Waals surface area contributed by atoms with E-state index in [9.17, 15) is 4.79 Å². The van der Waals surface area contributed by atoms with E-state index in [1.54, 1.807) is 0 Å². The first-order valence-electron chi connectivity index (χ1n) is 14.0. The fourth-order valence-corrected chi connectivity index (χ4v) is 6.36. The highest BCUT2D eigenvalue weighted by Gasteiger charge is 2.41. The Morgan fingerprint density at radius 2 is 1.76 bits per heavy atom. The molecule has 1 aromatic carbocycles. The van der Waals surface area contributed by atoms with Gasteiger partial charge in [-0.15, -0.1) is 0 Å². The molecule has 2 saturated heterocycles. The number of anilines is 1. The van der Waals surface area contributed by atoms with E-state index in [0.29, 0.717) is 12.3 Å². The fraction of sp³-hybridized carbons (Fsp3) is 0.767. The second kappa shape index (κ2) is 12.4. The first kappa shape index (κ1) is 26.3. The van der Waals surface area contributed by atoms with Crippen molar-refractivity contribution in [2.75, 3.05) is 18.5 Å². The summed E-state index contributed by atoms with van der Waals surface area (Å²) in [5, 5.41) is 0. The van der Waals surface area contributed by atoms with E-state index in [2.05, 4.69) is 57.7 Å². The van der Waals surface area contributed by atoms with Gasteiger partial charge in [0, 0.05) is 37.8 Å². The van der Waals surface area contributed by atoms with Gasteiger partial charge >= 0.3 is 0 Å². The quantitative estimate of drug-likeness (QED) is 0.323. The number of amides is 1. The van der Waals surface area contributed by atoms with E-state index in [1.165, 1.54) is 75.5 Å². The summed E-state index contributed by atoms with van der Waals surface area (Å²) in [4.78, 5) is 17.3. The van der Waals surface area contributed by atoms with Crippen molar-refractivity contribution in [3.63, 3.8) is 0 Å². The Kier molecular flexibility index (Phi) is 9.85. The zero-order valence-electron chi connectivity index (χ0n) is 22.4. The van der Waals surface area contributed by atoms with Crippen LogP contribution in [0.15, 0.2) is 18.2 Å². The number of hydrogen-bond acceptors (Lipinski definition) is 2. The van der Waals surface area contributed by atoms with Crippen LogP contribution in [0.2, 0.25) is 0 Å². The summed E-state index contributed by atoms with van der Waals surface area (Å²) in [5.74, 6) is 2.60. The van der Waals surface area contributed by atoms with Gasteiger partial charge in [0.05, 0.1) is 0 Å². The maximum absolute atomic E-state index is 12.5. The summed E-state index contributed by atoms with van der Waals surface area (Å²) >= 11 is 0. The van der Waals surface area contributed by atoms with Crippen LogP contribution in [-0.2, 0) is 4.79 Å². The van der Waals surface area contributed by atoms with Crippen molar-refractivity contribution in [3.05, 3.63) is 29.3 Å². The highest BCUT2D eigenvalue weighted by atomic mass is 16.2. The van der Waals surface area contributed by atoms with Crippen molar-refractivity contribution in [2.45, 2.75) is 123 Å². The monoisotopic (exact) mass is 454 g/mol. The lowest BCUT2D eigenvalue weighted by atomic mass is 9.83. The van der Waals surface area contributed by atoms with Crippen LogP contribution in [0.1, 0.15) is 115 Å². The van der Waals surface area contributed by atoms with Crippen molar-refractivity contribution in [1.82, 2.24) is 4.90 Å². The van der Waals surface area contributed by atoms with Crippen LogP contribution in [0.4, 0.5) is 5.69 Å². The molecule has 3 heteroatoms. The molecule has 0 aliphatic carbocycles. The van der Waals surface area contributed by atoms with E-state index in [1.807, 2.05) is 11.9 Å². The standard InChI is InChI=1S/C30H50N2O/c1-7-10-24(14-12-22(4)9-3)21-32-27-16-17-28(32)19-26(18-27)25-15-13-23(5)29(20-25)31(6)30(33)11-8-2/h13,15,20,22,24,26-28H,7-12,14,16-19,21H2,1-6H3. The van der Waals surface area contributed by atoms with Crippen LogP contribution in [0, 0.1) is 18.8 Å². The Hall–Kier alpha value is -1.35. The predicted octanol–water partition coefficient (Wildman–Crippen LogP) is 7.71. The maximum Gasteiger partial charge on any atom is 0.226 e. The third-order valence-electron chi connectivity index (χ3n) is 8.72. The van der Waals surface area contributed by atoms with Crippen LogP contribution >= 0.6 is 0 Å². The van der Waals surface area contributed by atoms with Gasteiger partial charge < -0.3 is 4.90 Å². The number of carbonyl (C=O) groups is 1. The molecule has 33 heavy (non-hydrogen) atoms. The molecule has 3 nitrogen and oxygen atoms in total. The van der Waals surface area contributed by atoms with Gasteiger partial charge in [-0.05, 0) is 86.8 Å². The molecule has 0 spiro atoms. The van der Waals surface area contributed by atoms with E-state index < -0.39 is 0 Å². The molecule has 1 amide bonds. The molecule has 2 bridgehead atoms. The Bertz CT molecular complexity index is 746. The van der Waals surface area contributed by atoms with Gasteiger partial charge in [-0.3, -0.25) is 9.69 Å². The number of hydrogen-bond donors (Lipinski definition) is 0. The van der Waals surface area contributed by atoms with Crippen molar-refractivity contribution < 1.29 is 4.79 Å². The SMILES string of the molecule is CCCC(=O)N(C)c1cc(C2CC3CCC(C2)N3CC(CCC)CCC(C)CC)ccc1C. The summed E-state index contributed by atoms with van der Waals surface area (Å²) in [6.45, 7) is 12.6. The minimum absolute atomic E-state index is 0.229. The van der Waals surface area contributed by atoms with Gasteiger partial charge in [-0.2, -0.15) is 0 Å². The van der Waals surface area contributed by atoms with Crippen LogP contribution in [0.25, 0.3) is 0 Å². The second-order valence-electron chi connectivity index (χ2n) is 11.2. The topological polar surface area (TPSA) is 23.6 Å². The van der Waals surface area contributed by atoms with Crippen LogP contribution in [0.3, 0.4) is 0 Å². The third-order valence-corrected chi connectivity index (χ3v) is 8.72. The summed E-state index contributed by atoms with van der Waals surface area (Å²) in [5.41, 5.74) is 3.76. The van der Waals surface area contributed by atoms with E-state index in [0.717, 1.165) is 36.0 Å². The minimum atomic E-state index is 0.229. The Balaban J connectivity index is 1.67. The second-order valence-corrected chi connectivity index (χ2v) is 11.2. The van der Waals surface area contributed by atoms with Gasteiger partial charge in [0.15, 0.2) is 0 Å². The number of carbonyl (C=O) groups excluding carboxylic acids is 1. The van der Waals surface area contributed by atoms with E-state index >= 15 is 0 Å². The smallest absolute Gasteiger partial charge is 0.226 e. The molecule has 0 aromatic heterocycles. The van der Waals surface area contributed by atoms with E-state index in [4.69, 9.17) is 0 Å². The molecule has 4 unspecified atom stereocenters. The molecule has 4 atom stereocenters. The van der Waals surface area contributed by atoms with Gasteiger partial charge in [-0.1, -0.05) is 59.1 Å². The van der Waals surface area contributed by atoms with Gasteiger partial charge in [0.2, 0.25) is 5.91 Å². The fourth-order valence-electron chi connectivity index (χ4n) is 6.36. The third kappa shape index (κ3) is 6.62. The van der Waals surface area contributed by atoms with Crippen molar-refractivity contribution >= 4 is 11.6 Å². The molecule has 2 aliphatic rings. The first-order valence-corrected chi connectivity index (χ1v) is 14.0. The summed E-state index contributed by atoms with van der Waals surface area (Å²) in [6.07, 6.45) is 13.7. The molecule has 2 aliphatic heterocycles. The first-order chi connectivity index (χ1) is 15.9. The van der Waals surface area contributed by atoms with Gasteiger partial charge in [0.25, 0.3) is 0 Å². The van der Waals surface area contributed by atoms with Crippen LogP contribution in [0.5, 0.6) is 0 Å². The molecule has 0 radical (unpaired) electrons. The van der Waals surface area contributed by atoms with Crippen molar-refractivity contribution in [2.24, 2.45) is 11.8 Å². The molecule has 1 aromatic rings. The molecule has 186 valence electrons. The van der Waals surface area contributed by atoms with Crippen molar-refractivity contribution in [3.8, 4) is 0 Å². The minimum Gasteiger partial charge on any atom is -0.315 e. The number of piperidine rings is 1. The average molecular weight is 455 g/mol. The number of benzene rings is 1. The Morgan fingerprint density at radius 1 is 1.06 bits per heavy atom. The van der Waals surface area contributed by atoms with Crippen LogP contribution < -0.4 is 4.90 Å². The molecule has 2 heterocycles. The summed E-state index contributed by atoms with van der Waals surface area (Å²) in [7, 11) is 1.95. The molecular formula is C30H50N2O. The molecule has 3 rings (SSSR count). The zero-order chi connectivity index (χ0) is 24.0. The highest BCUT2D eigenvalue weighted by molar-refractivity contribution is 5.93. The number of nitrogens with zero attached hydrogens (tertiary/aromatic N) is 2. The molecule has 0 N–H and O–H groups in total. The lowest BCUT2D eigenvalue weighted by molar-refractivity contribution is -0.118. The average Bonchev–Trinajstić information content (AvgIpc) is 3.03. The lowest BCUT2D eigenvalue weighted by Gasteiger charge is -2.41. The molecule has 2 fully saturated rings. The van der Waals surface area contributed by atoms with Gasteiger partial charge in [-0.25, -0.2) is 0 Å². The molecular weight excluding hydrogens is 404 g/mol. The van der Waals surface area contributed by atoms with E-state index in [-0.39, 0.29) is 5.91 Å². The largest absolute Gasteiger partial charge is 0.315 e. The van der Waals surface area contributed by atoms with Gasteiger partial charge in [0.1, 0.15) is 0 Å². The molecule has 0 saturated carbocycles. The maximum atomic E-state index is 12.5. The lowest BCUT2D eigenvalue weighted by Crippen LogP contribution is -2.44. The highest BCUT2D eigenvalue weighted by Crippen LogP contribution is 2.44. The number of aryl methyl sites for hydroxylation is 1. The Labute approximate surface area is 204 Å². The zero-order valence-corrected chi connectivity index (χ0v) is 22.4.